The van der Waals surface area contributed by atoms with Gasteiger partial charge in [0.1, 0.15) is 6.04 Å². The molecular formula is C8H18N2OSi. The van der Waals surface area contributed by atoms with Crippen molar-refractivity contribution in [3.05, 3.63) is 0 Å². The van der Waals surface area contributed by atoms with Crippen molar-refractivity contribution in [2.75, 3.05) is 0 Å². The fourth-order valence-corrected chi connectivity index (χ4v) is 1.18. The summed E-state index contributed by atoms with van der Waals surface area (Å²) in [4.78, 5) is 0. The summed E-state index contributed by atoms with van der Waals surface area (Å²) in [6, 6.07) is 2.01. The van der Waals surface area contributed by atoms with Gasteiger partial charge in [0.05, 0.1) is 6.07 Å². The van der Waals surface area contributed by atoms with Crippen LogP contribution in [0.2, 0.25) is 19.6 Å². The van der Waals surface area contributed by atoms with E-state index in [0.717, 1.165) is 12.8 Å². The Labute approximate surface area is 75.8 Å². The minimum absolute atomic E-state index is 0.151. The zero-order chi connectivity index (χ0) is 9.61. The molecule has 0 aromatic carbocycles. The first-order valence-electron chi connectivity index (χ1n) is 4.32. The van der Waals surface area contributed by atoms with Crippen LogP contribution in [-0.2, 0) is 4.53 Å². The van der Waals surface area contributed by atoms with E-state index in [1.807, 2.05) is 0 Å². The summed E-state index contributed by atoms with van der Waals surface area (Å²) in [5.74, 6) is 0. The Morgan fingerprint density at radius 2 is 2.08 bits per heavy atom. The van der Waals surface area contributed by atoms with Crippen molar-refractivity contribution in [2.45, 2.75) is 45.4 Å². The lowest BCUT2D eigenvalue weighted by atomic mass is 10.2. The van der Waals surface area contributed by atoms with E-state index in [2.05, 4.69) is 38.1 Å². The SMILES string of the molecule is CCCC(C#N)NO[Si](C)(C)C. The molecule has 1 atom stereocenters. The van der Waals surface area contributed by atoms with E-state index in [0.29, 0.717) is 0 Å². The van der Waals surface area contributed by atoms with E-state index in [4.69, 9.17) is 9.79 Å². The van der Waals surface area contributed by atoms with Gasteiger partial charge in [-0.2, -0.15) is 10.7 Å². The van der Waals surface area contributed by atoms with E-state index in [1.165, 1.54) is 0 Å². The van der Waals surface area contributed by atoms with Gasteiger partial charge >= 0.3 is 0 Å². The van der Waals surface area contributed by atoms with Gasteiger partial charge in [-0.05, 0) is 26.1 Å². The lowest BCUT2D eigenvalue weighted by Crippen LogP contribution is -2.38. The van der Waals surface area contributed by atoms with E-state index in [1.54, 1.807) is 0 Å². The topological polar surface area (TPSA) is 45.0 Å². The lowest BCUT2D eigenvalue weighted by molar-refractivity contribution is 0.162. The van der Waals surface area contributed by atoms with Gasteiger partial charge in [-0.15, -0.1) is 0 Å². The second-order valence-electron chi connectivity index (χ2n) is 3.80. The van der Waals surface area contributed by atoms with Gasteiger partial charge in [-0.1, -0.05) is 13.3 Å². The quantitative estimate of drug-likeness (QED) is 0.528. The highest BCUT2D eigenvalue weighted by atomic mass is 28.4. The number of hydrogen-bond acceptors (Lipinski definition) is 3. The second kappa shape index (κ2) is 5.30. The minimum Gasteiger partial charge on any atom is -0.345 e. The molecule has 0 fully saturated rings. The monoisotopic (exact) mass is 186 g/mol. The van der Waals surface area contributed by atoms with Crippen LogP contribution in [0.5, 0.6) is 0 Å². The highest BCUT2D eigenvalue weighted by molar-refractivity contribution is 6.69. The Bertz CT molecular complexity index is 159. The largest absolute Gasteiger partial charge is 0.345 e. The average Bonchev–Trinajstić information content (AvgIpc) is 1.96. The lowest BCUT2D eigenvalue weighted by Gasteiger charge is -2.19. The van der Waals surface area contributed by atoms with Crippen LogP contribution in [0.3, 0.4) is 0 Å². The van der Waals surface area contributed by atoms with Crippen LogP contribution in [0.15, 0.2) is 0 Å². The van der Waals surface area contributed by atoms with Crippen LogP contribution in [0.25, 0.3) is 0 Å². The number of hydrogen-bond donors (Lipinski definition) is 1. The van der Waals surface area contributed by atoms with Gasteiger partial charge in [0, 0.05) is 0 Å². The van der Waals surface area contributed by atoms with Crippen molar-refractivity contribution in [2.24, 2.45) is 0 Å². The molecule has 0 saturated heterocycles. The highest BCUT2D eigenvalue weighted by Gasteiger charge is 2.16. The molecule has 1 N–H and O–H groups in total. The fourth-order valence-electron chi connectivity index (χ4n) is 0.686. The van der Waals surface area contributed by atoms with Gasteiger partial charge in [0.15, 0.2) is 0 Å². The van der Waals surface area contributed by atoms with E-state index in [9.17, 15) is 0 Å². The molecule has 0 heterocycles. The van der Waals surface area contributed by atoms with Gasteiger partial charge in [-0.25, -0.2) is 0 Å². The third kappa shape index (κ3) is 6.34. The summed E-state index contributed by atoms with van der Waals surface area (Å²) in [5, 5.41) is 8.68. The molecule has 0 saturated carbocycles. The third-order valence-corrected chi connectivity index (χ3v) is 1.97. The standard InChI is InChI=1S/C8H18N2OSi/c1-5-6-8(7-9)10-11-12(2,3)4/h8,10H,5-6H2,1-4H3. The van der Waals surface area contributed by atoms with Crippen molar-refractivity contribution >= 4 is 8.32 Å². The summed E-state index contributed by atoms with van der Waals surface area (Å²) in [6.45, 7) is 8.31. The van der Waals surface area contributed by atoms with Crippen molar-refractivity contribution in [3.63, 3.8) is 0 Å². The first-order chi connectivity index (χ1) is 5.49. The molecule has 0 aliphatic rings. The minimum atomic E-state index is -1.53. The maximum Gasteiger partial charge on any atom is 0.211 e. The highest BCUT2D eigenvalue weighted by Crippen LogP contribution is 2.02. The van der Waals surface area contributed by atoms with E-state index >= 15 is 0 Å². The molecule has 0 rings (SSSR count). The second-order valence-corrected chi connectivity index (χ2v) is 8.23. The maximum absolute atomic E-state index is 8.68. The van der Waals surface area contributed by atoms with Crippen LogP contribution in [0.1, 0.15) is 19.8 Å². The molecular weight excluding hydrogens is 168 g/mol. The molecule has 4 heteroatoms. The fraction of sp³-hybridized carbons (Fsp3) is 0.875. The summed E-state index contributed by atoms with van der Waals surface area (Å²) >= 11 is 0. The molecule has 0 aliphatic carbocycles. The smallest absolute Gasteiger partial charge is 0.211 e. The molecule has 3 nitrogen and oxygen atoms in total. The molecule has 0 spiro atoms. The van der Waals surface area contributed by atoms with Crippen molar-refractivity contribution in [1.82, 2.24) is 5.48 Å². The molecule has 0 amide bonds. The van der Waals surface area contributed by atoms with Crippen molar-refractivity contribution in [1.29, 1.82) is 5.26 Å². The molecule has 70 valence electrons. The van der Waals surface area contributed by atoms with Crippen molar-refractivity contribution < 1.29 is 4.53 Å². The molecule has 1 unspecified atom stereocenters. The van der Waals surface area contributed by atoms with Crippen LogP contribution in [0.4, 0.5) is 0 Å². The Hall–Kier alpha value is -0.373. The summed E-state index contributed by atoms with van der Waals surface area (Å²) in [5.41, 5.74) is 2.81. The van der Waals surface area contributed by atoms with Gasteiger partial charge in [0.25, 0.3) is 0 Å². The molecule has 0 bridgehead atoms. The Balaban J connectivity index is 3.67. The number of nitrogens with one attached hydrogen (secondary N) is 1. The molecule has 0 aromatic rings. The Kier molecular flexibility index (Phi) is 5.14. The number of rotatable bonds is 5. The van der Waals surface area contributed by atoms with E-state index < -0.39 is 8.32 Å². The molecule has 0 aliphatic heterocycles. The van der Waals surface area contributed by atoms with Crippen molar-refractivity contribution in [3.8, 4) is 6.07 Å². The molecule has 0 aromatic heterocycles. The van der Waals surface area contributed by atoms with Gasteiger partial charge in [-0.3, -0.25) is 0 Å². The number of nitrogens with zero attached hydrogens (tertiary/aromatic N) is 1. The summed E-state index contributed by atoms with van der Waals surface area (Å²) < 4.78 is 5.40. The number of nitriles is 1. The van der Waals surface area contributed by atoms with Crippen LogP contribution >= 0.6 is 0 Å². The predicted octanol–water partition coefficient (Wildman–Crippen LogP) is 2.03. The Morgan fingerprint density at radius 3 is 2.42 bits per heavy atom. The third-order valence-electron chi connectivity index (χ3n) is 1.24. The number of hydroxylamine groups is 1. The van der Waals surface area contributed by atoms with Gasteiger partial charge < -0.3 is 4.53 Å². The van der Waals surface area contributed by atoms with Crippen LogP contribution in [-0.4, -0.2) is 14.4 Å². The van der Waals surface area contributed by atoms with Crippen LogP contribution < -0.4 is 5.48 Å². The maximum atomic E-state index is 8.68. The summed E-state index contributed by atoms with van der Waals surface area (Å²) in [6.07, 6.45) is 1.85. The normalized spacial score (nSPS) is 13.9. The first-order valence-corrected chi connectivity index (χ1v) is 7.73. The Morgan fingerprint density at radius 1 is 1.50 bits per heavy atom. The summed E-state index contributed by atoms with van der Waals surface area (Å²) in [7, 11) is -1.53. The predicted molar refractivity (Wildman–Crippen MR) is 51.9 cm³/mol. The average molecular weight is 186 g/mol. The zero-order valence-electron chi connectivity index (χ0n) is 8.35. The first kappa shape index (κ1) is 11.6. The molecule has 12 heavy (non-hydrogen) atoms. The van der Waals surface area contributed by atoms with Crippen LogP contribution in [0, 0.1) is 11.3 Å². The van der Waals surface area contributed by atoms with Gasteiger partial charge in [0.2, 0.25) is 8.32 Å². The zero-order valence-corrected chi connectivity index (χ0v) is 9.35. The van der Waals surface area contributed by atoms with E-state index in [-0.39, 0.29) is 6.04 Å². The molecule has 0 radical (unpaired) electrons.